The van der Waals surface area contributed by atoms with Crippen molar-refractivity contribution in [1.82, 2.24) is 0 Å². The summed E-state index contributed by atoms with van der Waals surface area (Å²) < 4.78 is 0. The molecule has 0 bridgehead atoms. The SMILES string of the molecule is CCC(C#CCCC(C)C)CC. The summed E-state index contributed by atoms with van der Waals surface area (Å²) in [7, 11) is 0. The first-order valence-corrected chi connectivity index (χ1v) is 5.19. The number of hydrogen-bond acceptors (Lipinski definition) is 0. The summed E-state index contributed by atoms with van der Waals surface area (Å²) in [6.45, 7) is 8.92. The van der Waals surface area contributed by atoms with Crippen molar-refractivity contribution in [2.24, 2.45) is 11.8 Å². The minimum Gasteiger partial charge on any atom is -0.103 e. The van der Waals surface area contributed by atoms with E-state index < -0.39 is 0 Å². The molecule has 0 fully saturated rings. The van der Waals surface area contributed by atoms with E-state index in [9.17, 15) is 0 Å². The van der Waals surface area contributed by atoms with Gasteiger partial charge in [-0.3, -0.25) is 0 Å². The van der Waals surface area contributed by atoms with Gasteiger partial charge in [0.25, 0.3) is 0 Å². The molecule has 0 unspecified atom stereocenters. The summed E-state index contributed by atoms with van der Waals surface area (Å²) in [6, 6.07) is 0. The first-order chi connectivity index (χ1) is 5.70. The Morgan fingerprint density at radius 2 is 1.67 bits per heavy atom. The predicted octanol–water partition coefficient (Wildman–Crippen LogP) is 3.86. The van der Waals surface area contributed by atoms with E-state index in [-0.39, 0.29) is 0 Å². The summed E-state index contributed by atoms with van der Waals surface area (Å²) in [4.78, 5) is 0. The zero-order valence-electron chi connectivity index (χ0n) is 8.98. The van der Waals surface area contributed by atoms with Gasteiger partial charge in [-0.1, -0.05) is 33.6 Å². The fourth-order valence-corrected chi connectivity index (χ4v) is 1.07. The first-order valence-electron chi connectivity index (χ1n) is 5.19. The Morgan fingerprint density at radius 3 is 2.08 bits per heavy atom. The van der Waals surface area contributed by atoms with Crippen LogP contribution in [0, 0.1) is 23.7 Å². The fraction of sp³-hybridized carbons (Fsp3) is 0.833. The van der Waals surface area contributed by atoms with Gasteiger partial charge in [-0.25, -0.2) is 0 Å². The van der Waals surface area contributed by atoms with Crippen LogP contribution < -0.4 is 0 Å². The van der Waals surface area contributed by atoms with E-state index in [4.69, 9.17) is 0 Å². The second-order valence-electron chi connectivity index (χ2n) is 3.77. The molecule has 0 aliphatic rings. The molecule has 0 aromatic rings. The van der Waals surface area contributed by atoms with Crippen molar-refractivity contribution in [1.29, 1.82) is 0 Å². The lowest BCUT2D eigenvalue weighted by molar-refractivity contribution is 0.596. The molecule has 0 heteroatoms. The molecule has 0 heterocycles. The summed E-state index contributed by atoms with van der Waals surface area (Å²) in [6.07, 6.45) is 4.72. The van der Waals surface area contributed by atoms with E-state index in [1.54, 1.807) is 0 Å². The van der Waals surface area contributed by atoms with Gasteiger partial charge < -0.3 is 0 Å². The maximum absolute atomic E-state index is 3.32. The molecule has 0 atom stereocenters. The molecule has 0 saturated carbocycles. The normalized spacial score (nSPS) is 10.2. The lowest BCUT2D eigenvalue weighted by atomic mass is 10.0. The van der Waals surface area contributed by atoms with Gasteiger partial charge in [0.05, 0.1) is 0 Å². The third-order valence-corrected chi connectivity index (χ3v) is 2.14. The molecule has 70 valence electrons. The molecule has 0 nitrogen and oxygen atoms in total. The molecular weight excluding hydrogens is 144 g/mol. The molecule has 0 aliphatic carbocycles. The molecule has 12 heavy (non-hydrogen) atoms. The average Bonchev–Trinajstić information content (AvgIpc) is 2.04. The van der Waals surface area contributed by atoms with Crippen LogP contribution in [-0.2, 0) is 0 Å². The molecule has 0 amide bonds. The van der Waals surface area contributed by atoms with Gasteiger partial charge in [0, 0.05) is 12.3 Å². The molecule has 0 aliphatic heterocycles. The standard InChI is InChI=1S/C12H22/c1-5-12(6-2)10-8-7-9-11(3)4/h11-12H,5-7,9H2,1-4H3. The fourth-order valence-electron chi connectivity index (χ4n) is 1.07. The van der Waals surface area contributed by atoms with Crippen LogP contribution in [0.2, 0.25) is 0 Å². The van der Waals surface area contributed by atoms with E-state index in [1.165, 1.54) is 19.3 Å². The highest BCUT2D eigenvalue weighted by Gasteiger charge is 1.95. The highest BCUT2D eigenvalue weighted by Crippen LogP contribution is 2.06. The van der Waals surface area contributed by atoms with Crippen molar-refractivity contribution < 1.29 is 0 Å². The minimum absolute atomic E-state index is 0.636. The molecule has 0 radical (unpaired) electrons. The quantitative estimate of drug-likeness (QED) is 0.556. The zero-order chi connectivity index (χ0) is 9.40. The van der Waals surface area contributed by atoms with Gasteiger partial charge >= 0.3 is 0 Å². The maximum Gasteiger partial charge on any atom is 0.0197 e. The van der Waals surface area contributed by atoms with Crippen LogP contribution >= 0.6 is 0 Å². The highest BCUT2D eigenvalue weighted by molar-refractivity contribution is 5.02. The zero-order valence-corrected chi connectivity index (χ0v) is 8.98. The number of rotatable bonds is 4. The Hall–Kier alpha value is -0.440. The molecule has 0 aromatic carbocycles. The second kappa shape index (κ2) is 7.22. The van der Waals surface area contributed by atoms with Crippen LogP contribution in [0.3, 0.4) is 0 Å². The van der Waals surface area contributed by atoms with Crippen molar-refractivity contribution in [3.8, 4) is 11.8 Å². The average molecular weight is 166 g/mol. The maximum atomic E-state index is 3.32. The third kappa shape index (κ3) is 6.28. The van der Waals surface area contributed by atoms with Crippen molar-refractivity contribution in [2.45, 2.75) is 53.4 Å². The van der Waals surface area contributed by atoms with Crippen molar-refractivity contribution in [2.75, 3.05) is 0 Å². The first kappa shape index (κ1) is 11.6. The molecule has 0 rings (SSSR count). The van der Waals surface area contributed by atoms with Crippen LogP contribution in [0.25, 0.3) is 0 Å². The van der Waals surface area contributed by atoms with Crippen LogP contribution in [0.15, 0.2) is 0 Å². The van der Waals surface area contributed by atoms with E-state index in [0.29, 0.717) is 5.92 Å². The summed E-state index contributed by atoms with van der Waals surface area (Å²) in [5, 5.41) is 0. The van der Waals surface area contributed by atoms with Crippen LogP contribution in [-0.4, -0.2) is 0 Å². The second-order valence-corrected chi connectivity index (χ2v) is 3.77. The Bertz CT molecular complexity index is 141. The largest absolute Gasteiger partial charge is 0.103 e. The summed E-state index contributed by atoms with van der Waals surface area (Å²) in [5.74, 6) is 8.02. The number of hydrogen-bond donors (Lipinski definition) is 0. The molecule has 0 N–H and O–H groups in total. The third-order valence-electron chi connectivity index (χ3n) is 2.14. The topological polar surface area (TPSA) is 0 Å². The lowest BCUT2D eigenvalue weighted by Gasteiger charge is -2.01. The molecule has 0 saturated heterocycles. The Labute approximate surface area is 77.8 Å². The Morgan fingerprint density at radius 1 is 1.08 bits per heavy atom. The van der Waals surface area contributed by atoms with E-state index in [2.05, 4.69) is 39.5 Å². The molecule has 0 aromatic heterocycles. The van der Waals surface area contributed by atoms with E-state index in [0.717, 1.165) is 12.3 Å². The van der Waals surface area contributed by atoms with Crippen molar-refractivity contribution in [3.05, 3.63) is 0 Å². The van der Waals surface area contributed by atoms with Crippen LogP contribution in [0.4, 0.5) is 0 Å². The van der Waals surface area contributed by atoms with E-state index in [1.807, 2.05) is 0 Å². The van der Waals surface area contributed by atoms with Crippen LogP contribution in [0.1, 0.15) is 53.4 Å². The molecular formula is C12H22. The van der Waals surface area contributed by atoms with Gasteiger partial charge in [-0.2, -0.15) is 0 Å². The van der Waals surface area contributed by atoms with Crippen LogP contribution in [0.5, 0.6) is 0 Å². The predicted molar refractivity (Wildman–Crippen MR) is 55.9 cm³/mol. The summed E-state index contributed by atoms with van der Waals surface area (Å²) in [5.41, 5.74) is 0. The van der Waals surface area contributed by atoms with Crippen molar-refractivity contribution >= 4 is 0 Å². The smallest absolute Gasteiger partial charge is 0.0197 e. The summed E-state index contributed by atoms with van der Waals surface area (Å²) >= 11 is 0. The van der Waals surface area contributed by atoms with E-state index >= 15 is 0 Å². The Balaban J connectivity index is 3.56. The monoisotopic (exact) mass is 166 g/mol. The van der Waals surface area contributed by atoms with Gasteiger partial charge in [0.2, 0.25) is 0 Å². The van der Waals surface area contributed by atoms with Gasteiger partial charge in [-0.15, -0.1) is 5.92 Å². The molecule has 0 spiro atoms. The minimum atomic E-state index is 0.636. The van der Waals surface area contributed by atoms with Crippen molar-refractivity contribution in [3.63, 3.8) is 0 Å². The highest BCUT2D eigenvalue weighted by atomic mass is 14.0. The van der Waals surface area contributed by atoms with Gasteiger partial charge in [0.15, 0.2) is 0 Å². The lowest BCUT2D eigenvalue weighted by Crippen LogP contribution is -1.91. The van der Waals surface area contributed by atoms with Gasteiger partial charge in [-0.05, 0) is 25.2 Å². The Kier molecular flexibility index (Phi) is 6.96. The van der Waals surface area contributed by atoms with Gasteiger partial charge in [0.1, 0.15) is 0 Å².